The zero-order valence-corrected chi connectivity index (χ0v) is 15.7. The van der Waals surface area contributed by atoms with Crippen molar-refractivity contribution in [2.45, 2.75) is 30.9 Å². The van der Waals surface area contributed by atoms with Crippen LogP contribution in [-0.2, 0) is 22.0 Å². The third-order valence-corrected chi connectivity index (χ3v) is 6.02. The Labute approximate surface area is 163 Å². The number of hydrogen-bond acceptors (Lipinski definition) is 5. The minimum absolute atomic E-state index is 0.0493. The molecule has 1 aromatic carbocycles. The van der Waals surface area contributed by atoms with Crippen molar-refractivity contribution in [2.75, 3.05) is 13.1 Å². The molecule has 1 unspecified atom stereocenters. The maximum atomic E-state index is 13.3. The number of hydrogen-bond donors (Lipinski definition) is 0. The Kier molecular flexibility index (Phi) is 6.03. The van der Waals surface area contributed by atoms with E-state index in [-0.39, 0.29) is 18.7 Å². The SMILES string of the molecule is O=S(=O)(Cc1cc(F)cc(F)c1)N1CCCC(Oc2nccc(C(F)(F)F)n2)C1. The summed E-state index contributed by atoms with van der Waals surface area (Å²) in [5.74, 6) is -2.40. The molecule has 0 bridgehead atoms. The van der Waals surface area contributed by atoms with E-state index in [4.69, 9.17) is 4.74 Å². The molecule has 0 aliphatic carbocycles. The third-order valence-electron chi connectivity index (χ3n) is 4.20. The van der Waals surface area contributed by atoms with Crippen molar-refractivity contribution in [1.29, 1.82) is 0 Å². The lowest BCUT2D eigenvalue weighted by molar-refractivity contribution is -0.141. The van der Waals surface area contributed by atoms with Crippen LogP contribution in [0.25, 0.3) is 0 Å². The summed E-state index contributed by atoms with van der Waals surface area (Å²) in [6.45, 7) is 0.0170. The average molecular weight is 437 g/mol. The van der Waals surface area contributed by atoms with Crippen LogP contribution in [0.3, 0.4) is 0 Å². The van der Waals surface area contributed by atoms with Crippen molar-refractivity contribution in [3.63, 3.8) is 0 Å². The highest BCUT2D eigenvalue weighted by Crippen LogP contribution is 2.28. The topological polar surface area (TPSA) is 72.4 Å². The zero-order valence-electron chi connectivity index (χ0n) is 14.9. The third kappa shape index (κ3) is 5.60. The molecule has 29 heavy (non-hydrogen) atoms. The number of alkyl halides is 3. The predicted molar refractivity (Wildman–Crippen MR) is 91.2 cm³/mol. The van der Waals surface area contributed by atoms with Crippen molar-refractivity contribution >= 4 is 10.0 Å². The lowest BCUT2D eigenvalue weighted by Gasteiger charge is -2.31. The maximum absolute atomic E-state index is 13.3. The molecule has 0 spiro atoms. The Hall–Kier alpha value is -2.34. The molecule has 1 atom stereocenters. The summed E-state index contributed by atoms with van der Waals surface area (Å²) in [6, 6.07) is 2.68. The molecule has 0 N–H and O–H groups in total. The van der Waals surface area contributed by atoms with Crippen molar-refractivity contribution in [1.82, 2.24) is 14.3 Å². The molecule has 0 saturated carbocycles. The van der Waals surface area contributed by atoms with E-state index >= 15 is 0 Å². The van der Waals surface area contributed by atoms with Crippen LogP contribution in [0.1, 0.15) is 24.1 Å². The Morgan fingerprint density at radius 2 is 1.86 bits per heavy atom. The minimum Gasteiger partial charge on any atom is -0.459 e. The molecular formula is C17H16F5N3O3S. The highest BCUT2D eigenvalue weighted by Gasteiger charge is 2.34. The summed E-state index contributed by atoms with van der Waals surface area (Å²) < 4.78 is 96.5. The van der Waals surface area contributed by atoms with Crippen LogP contribution in [-0.4, -0.2) is 41.9 Å². The van der Waals surface area contributed by atoms with Crippen molar-refractivity contribution in [2.24, 2.45) is 0 Å². The summed E-state index contributed by atoms with van der Waals surface area (Å²) >= 11 is 0. The molecule has 6 nitrogen and oxygen atoms in total. The summed E-state index contributed by atoms with van der Waals surface area (Å²) in [4.78, 5) is 6.94. The second-order valence-corrected chi connectivity index (χ2v) is 8.47. The van der Waals surface area contributed by atoms with Gasteiger partial charge < -0.3 is 4.74 Å². The van der Waals surface area contributed by atoms with Crippen molar-refractivity contribution in [3.8, 4) is 6.01 Å². The number of rotatable bonds is 5. The molecule has 158 valence electrons. The first-order valence-corrected chi connectivity index (χ1v) is 10.1. The van der Waals surface area contributed by atoms with Gasteiger partial charge in [0.2, 0.25) is 10.0 Å². The van der Waals surface area contributed by atoms with E-state index in [1.807, 2.05) is 0 Å². The van der Waals surface area contributed by atoms with Gasteiger partial charge in [-0.2, -0.15) is 22.5 Å². The fraction of sp³-hybridized carbons (Fsp3) is 0.412. The van der Waals surface area contributed by atoms with E-state index in [0.717, 1.165) is 22.6 Å². The molecule has 3 rings (SSSR count). The van der Waals surface area contributed by atoms with E-state index in [0.29, 0.717) is 25.0 Å². The number of ether oxygens (including phenoxy) is 1. The highest BCUT2D eigenvalue weighted by atomic mass is 32.2. The average Bonchev–Trinajstić information content (AvgIpc) is 2.60. The highest BCUT2D eigenvalue weighted by molar-refractivity contribution is 7.88. The molecule has 1 fully saturated rings. The lowest BCUT2D eigenvalue weighted by Crippen LogP contribution is -2.45. The van der Waals surface area contributed by atoms with Gasteiger partial charge in [-0.3, -0.25) is 0 Å². The summed E-state index contributed by atoms with van der Waals surface area (Å²) in [6.07, 6.45) is -3.74. The van der Waals surface area contributed by atoms with E-state index in [1.54, 1.807) is 0 Å². The Morgan fingerprint density at radius 1 is 1.17 bits per heavy atom. The monoisotopic (exact) mass is 437 g/mol. The molecule has 1 aromatic heterocycles. The number of piperidine rings is 1. The smallest absolute Gasteiger partial charge is 0.433 e. The molecule has 0 radical (unpaired) electrons. The van der Waals surface area contributed by atoms with Gasteiger partial charge >= 0.3 is 12.2 Å². The molecule has 0 amide bonds. The van der Waals surface area contributed by atoms with Gasteiger partial charge in [0.1, 0.15) is 17.7 Å². The van der Waals surface area contributed by atoms with Crippen LogP contribution in [0.4, 0.5) is 22.0 Å². The van der Waals surface area contributed by atoms with Crippen molar-refractivity contribution < 1.29 is 35.1 Å². The minimum atomic E-state index is -4.66. The molecule has 2 heterocycles. The number of sulfonamides is 1. The number of halogens is 5. The first-order valence-electron chi connectivity index (χ1n) is 8.52. The molecule has 1 aliphatic rings. The fourth-order valence-electron chi connectivity index (χ4n) is 2.95. The van der Waals surface area contributed by atoms with Crippen LogP contribution in [0.15, 0.2) is 30.5 Å². The second kappa shape index (κ2) is 8.19. The van der Waals surface area contributed by atoms with Gasteiger partial charge in [0.15, 0.2) is 5.69 Å². The van der Waals surface area contributed by atoms with Gasteiger partial charge in [0, 0.05) is 18.8 Å². The Bertz CT molecular complexity index is 964. The Balaban J connectivity index is 1.70. The molecule has 1 saturated heterocycles. The summed E-state index contributed by atoms with van der Waals surface area (Å²) in [5.41, 5.74) is -1.22. The largest absolute Gasteiger partial charge is 0.459 e. The quantitative estimate of drug-likeness (QED) is 0.672. The van der Waals surface area contributed by atoms with Crippen LogP contribution >= 0.6 is 0 Å². The van der Waals surface area contributed by atoms with Crippen LogP contribution in [0.2, 0.25) is 0 Å². The zero-order chi connectivity index (χ0) is 21.2. The van der Waals surface area contributed by atoms with Crippen LogP contribution < -0.4 is 4.74 Å². The van der Waals surface area contributed by atoms with Crippen LogP contribution in [0, 0.1) is 11.6 Å². The number of aromatic nitrogens is 2. The molecule has 12 heteroatoms. The number of nitrogens with zero attached hydrogens (tertiary/aromatic N) is 3. The van der Waals surface area contributed by atoms with Gasteiger partial charge in [-0.05, 0) is 36.6 Å². The summed E-state index contributed by atoms with van der Waals surface area (Å²) in [7, 11) is -3.93. The standard InChI is InChI=1S/C17H16F5N3O3S/c18-12-6-11(7-13(19)8-12)10-29(26,27)25-5-1-2-14(9-25)28-16-23-4-3-15(24-16)17(20,21)22/h3-4,6-8,14H,1-2,5,9-10H2. The second-order valence-electron chi connectivity index (χ2n) is 6.50. The van der Waals surface area contributed by atoms with E-state index in [9.17, 15) is 30.4 Å². The van der Waals surface area contributed by atoms with E-state index in [2.05, 4.69) is 9.97 Å². The van der Waals surface area contributed by atoms with E-state index in [1.165, 1.54) is 0 Å². The Morgan fingerprint density at radius 3 is 2.52 bits per heavy atom. The van der Waals surface area contributed by atoms with Crippen LogP contribution in [0.5, 0.6) is 6.01 Å². The number of benzene rings is 1. The van der Waals surface area contributed by atoms with E-state index < -0.39 is 51.4 Å². The molecule has 1 aliphatic heterocycles. The van der Waals surface area contributed by atoms with Gasteiger partial charge in [-0.1, -0.05) is 0 Å². The van der Waals surface area contributed by atoms with Gasteiger partial charge in [0.05, 0.1) is 12.3 Å². The fourth-order valence-corrected chi connectivity index (χ4v) is 4.53. The molecule has 2 aromatic rings. The lowest BCUT2D eigenvalue weighted by atomic mass is 10.1. The normalized spacial score (nSPS) is 18.6. The first-order chi connectivity index (χ1) is 13.5. The van der Waals surface area contributed by atoms with Gasteiger partial charge in [-0.15, -0.1) is 0 Å². The van der Waals surface area contributed by atoms with Gasteiger partial charge in [-0.25, -0.2) is 22.2 Å². The van der Waals surface area contributed by atoms with Crippen molar-refractivity contribution in [3.05, 3.63) is 53.4 Å². The van der Waals surface area contributed by atoms with Gasteiger partial charge in [0.25, 0.3) is 0 Å². The predicted octanol–water partition coefficient (Wildman–Crippen LogP) is 3.15. The first kappa shape index (κ1) is 21.4. The molecular weight excluding hydrogens is 421 g/mol. The summed E-state index contributed by atoms with van der Waals surface area (Å²) in [5, 5.41) is 0. The maximum Gasteiger partial charge on any atom is 0.433 e.